The molecule has 116 valence electrons. The fourth-order valence-electron chi connectivity index (χ4n) is 1.71. The zero-order chi connectivity index (χ0) is 15.2. The summed E-state index contributed by atoms with van der Waals surface area (Å²) in [4.78, 5) is 3.21. The van der Waals surface area contributed by atoms with E-state index in [4.69, 9.17) is 4.74 Å². The van der Waals surface area contributed by atoms with Crippen molar-refractivity contribution in [3.05, 3.63) is 18.0 Å². The third-order valence-electron chi connectivity index (χ3n) is 3.12. The van der Waals surface area contributed by atoms with E-state index in [1.54, 1.807) is 13.2 Å². The molecule has 0 fully saturated rings. The molecule has 7 heteroatoms. The minimum Gasteiger partial charge on any atom is -0.385 e. The van der Waals surface area contributed by atoms with Crippen molar-refractivity contribution in [1.29, 1.82) is 0 Å². The predicted octanol–water partition coefficient (Wildman–Crippen LogP) is 1.08. The molecule has 1 heterocycles. The Labute approximate surface area is 121 Å². The van der Waals surface area contributed by atoms with Gasteiger partial charge in [-0.1, -0.05) is 13.8 Å². The van der Waals surface area contributed by atoms with Crippen LogP contribution in [0.1, 0.15) is 26.0 Å². The Hall–Kier alpha value is -0.890. The molecule has 0 saturated carbocycles. The molecule has 0 aliphatic rings. The average Bonchev–Trinajstić information content (AvgIpc) is 2.84. The summed E-state index contributed by atoms with van der Waals surface area (Å²) in [5, 5.41) is 2.97. The second-order valence-corrected chi connectivity index (χ2v) is 7.39. The average molecular weight is 303 g/mol. The first-order valence-corrected chi connectivity index (χ1v) is 8.09. The van der Waals surface area contributed by atoms with E-state index in [9.17, 15) is 8.42 Å². The predicted molar refractivity (Wildman–Crippen MR) is 79.0 cm³/mol. The largest absolute Gasteiger partial charge is 0.385 e. The van der Waals surface area contributed by atoms with Crippen LogP contribution in [-0.4, -0.2) is 40.7 Å². The molecule has 0 radical (unpaired) electrons. The highest BCUT2D eigenvalue weighted by molar-refractivity contribution is 7.89. The van der Waals surface area contributed by atoms with Gasteiger partial charge < -0.3 is 15.0 Å². The Morgan fingerprint density at radius 1 is 1.40 bits per heavy atom. The van der Waals surface area contributed by atoms with E-state index < -0.39 is 10.0 Å². The zero-order valence-corrected chi connectivity index (χ0v) is 13.4. The van der Waals surface area contributed by atoms with E-state index in [1.807, 2.05) is 20.9 Å². The molecule has 0 bridgehead atoms. The van der Waals surface area contributed by atoms with Crippen molar-refractivity contribution in [3.8, 4) is 0 Å². The molecule has 0 aliphatic carbocycles. The van der Waals surface area contributed by atoms with Crippen LogP contribution < -0.4 is 10.0 Å². The van der Waals surface area contributed by atoms with E-state index in [1.165, 1.54) is 6.20 Å². The quantitative estimate of drug-likeness (QED) is 0.637. The SMILES string of the molecule is CNCc1cc(S(=O)(=O)NCC(C)(C)CCOC)c[nH]1. The highest BCUT2D eigenvalue weighted by Gasteiger charge is 2.22. The number of H-pyrrole nitrogens is 1. The lowest BCUT2D eigenvalue weighted by molar-refractivity contribution is 0.153. The van der Waals surface area contributed by atoms with Gasteiger partial charge in [-0.25, -0.2) is 13.1 Å². The molecule has 0 atom stereocenters. The summed E-state index contributed by atoms with van der Waals surface area (Å²) in [7, 11) is -0.0125. The van der Waals surface area contributed by atoms with E-state index in [0.29, 0.717) is 19.7 Å². The number of rotatable bonds is 9. The lowest BCUT2D eigenvalue weighted by Crippen LogP contribution is -2.34. The normalized spacial score (nSPS) is 12.8. The number of methoxy groups -OCH3 is 1. The van der Waals surface area contributed by atoms with Gasteiger partial charge in [0.2, 0.25) is 10.0 Å². The van der Waals surface area contributed by atoms with Crippen LogP contribution in [0.4, 0.5) is 0 Å². The minimum absolute atomic E-state index is 0.146. The monoisotopic (exact) mass is 303 g/mol. The van der Waals surface area contributed by atoms with Crippen molar-refractivity contribution in [2.75, 3.05) is 27.3 Å². The summed E-state index contributed by atoms with van der Waals surface area (Å²) in [6.45, 7) is 5.63. The van der Waals surface area contributed by atoms with Crippen LogP contribution in [0.2, 0.25) is 0 Å². The molecule has 1 rings (SSSR count). The number of aromatic amines is 1. The van der Waals surface area contributed by atoms with Crippen LogP contribution in [-0.2, 0) is 21.3 Å². The standard InChI is InChI=1S/C13H25N3O3S/c1-13(2,5-6-19-4)10-16-20(17,18)12-7-11(8-14-3)15-9-12/h7,9,14-16H,5-6,8,10H2,1-4H3. The molecule has 3 N–H and O–H groups in total. The van der Waals surface area contributed by atoms with Gasteiger partial charge in [-0.15, -0.1) is 0 Å². The lowest BCUT2D eigenvalue weighted by atomic mass is 9.90. The Bertz CT molecular complexity index is 509. The summed E-state index contributed by atoms with van der Waals surface area (Å²) in [5.74, 6) is 0. The first kappa shape index (κ1) is 17.2. The third-order valence-corrected chi connectivity index (χ3v) is 4.50. The second-order valence-electron chi connectivity index (χ2n) is 5.62. The second kappa shape index (κ2) is 7.21. The van der Waals surface area contributed by atoms with E-state index in [2.05, 4.69) is 15.0 Å². The lowest BCUT2D eigenvalue weighted by Gasteiger charge is -2.24. The van der Waals surface area contributed by atoms with Gasteiger partial charge in [0.1, 0.15) is 0 Å². The molecular formula is C13H25N3O3S. The molecule has 20 heavy (non-hydrogen) atoms. The molecule has 1 aromatic rings. The Morgan fingerprint density at radius 2 is 2.10 bits per heavy atom. The van der Waals surface area contributed by atoms with Crippen molar-refractivity contribution >= 4 is 10.0 Å². The zero-order valence-electron chi connectivity index (χ0n) is 12.6. The number of hydrogen-bond acceptors (Lipinski definition) is 4. The summed E-state index contributed by atoms with van der Waals surface area (Å²) >= 11 is 0. The summed E-state index contributed by atoms with van der Waals surface area (Å²) < 4.78 is 32.1. The molecular weight excluding hydrogens is 278 g/mol. The summed E-state index contributed by atoms with van der Waals surface area (Å²) in [6.07, 6.45) is 2.31. The van der Waals surface area contributed by atoms with Crippen molar-refractivity contribution < 1.29 is 13.2 Å². The molecule has 6 nitrogen and oxygen atoms in total. The molecule has 0 amide bonds. The topological polar surface area (TPSA) is 83.2 Å². The molecule has 0 unspecified atom stereocenters. The van der Waals surface area contributed by atoms with E-state index >= 15 is 0 Å². The number of hydrogen-bond donors (Lipinski definition) is 3. The fourth-order valence-corrected chi connectivity index (χ4v) is 2.97. The highest BCUT2D eigenvalue weighted by atomic mass is 32.2. The number of ether oxygens (including phenoxy) is 1. The van der Waals surface area contributed by atoms with Crippen LogP contribution in [0.15, 0.2) is 17.2 Å². The van der Waals surface area contributed by atoms with Gasteiger partial charge in [0, 0.05) is 38.7 Å². The maximum atomic E-state index is 12.2. The van der Waals surface area contributed by atoms with Crippen molar-refractivity contribution in [1.82, 2.24) is 15.0 Å². The van der Waals surface area contributed by atoms with Gasteiger partial charge in [-0.05, 0) is 24.9 Å². The summed E-state index contributed by atoms with van der Waals surface area (Å²) in [6, 6.07) is 1.64. The smallest absolute Gasteiger partial charge is 0.242 e. The summed E-state index contributed by atoms with van der Waals surface area (Å²) in [5.41, 5.74) is 0.694. The maximum Gasteiger partial charge on any atom is 0.242 e. The minimum atomic E-state index is -3.47. The van der Waals surface area contributed by atoms with Gasteiger partial charge >= 0.3 is 0 Å². The molecule has 0 saturated heterocycles. The highest BCUT2D eigenvalue weighted by Crippen LogP contribution is 2.20. The van der Waals surface area contributed by atoms with Gasteiger partial charge in [0.15, 0.2) is 0 Å². The fraction of sp³-hybridized carbons (Fsp3) is 0.692. The van der Waals surface area contributed by atoms with Crippen LogP contribution in [0.5, 0.6) is 0 Å². The number of aromatic nitrogens is 1. The van der Waals surface area contributed by atoms with Gasteiger partial charge in [0.05, 0.1) is 4.90 Å². The van der Waals surface area contributed by atoms with Crippen LogP contribution >= 0.6 is 0 Å². The molecule has 0 aromatic carbocycles. The Morgan fingerprint density at radius 3 is 2.70 bits per heavy atom. The van der Waals surface area contributed by atoms with Crippen molar-refractivity contribution in [2.45, 2.75) is 31.7 Å². The Kier molecular flexibility index (Phi) is 6.19. The van der Waals surface area contributed by atoms with E-state index in [-0.39, 0.29) is 10.3 Å². The van der Waals surface area contributed by atoms with Gasteiger partial charge in [-0.3, -0.25) is 0 Å². The van der Waals surface area contributed by atoms with Gasteiger partial charge in [0.25, 0.3) is 0 Å². The molecule has 1 aromatic heterocycles. The van der Waals surface area contributed by atoms with Crippen LogP contribution in [0.3, 0.4) is 0 Å². The van der Waals surface area contributed by atoms with E-state index in [0.717, 1.165) is 12.1 Å². The third kappa shape index (κ3) is 5.24. The Balaban J connectivity index is 2.64. The number of sulfonamides is 1. The first-order chi connectivity index (χ1) is 9.30. The molecule has 0 spiro atoms. The van der Waals surface area contributed by atoms with Crippen molar-refractivity contribution in [3.63, 3.8) is 0 Å². The maximum absolute atomic E-state index is 12.2. The van der Waals surface area contributed by atoms with Crippen molar-refractivity contribution in [2.24, 2.45) is 5.41 Å². The first-order valence-electron chi connectivity index (χ1n) is 6.61. The molecule has 0 aliphatic heterocycles. The number of nitrogens with one attached hydrogen (secondary N) is 3. The van der Waals surface area contributed by atoms with Gasteiger partial charge in [-0.2, -0.15) is 0 Å². The van der Waals surface area contributed by atoms with Crippen LogP contribution in [0.25, 0.3) is 0 Å². The van der Waals surface area contributed by atoms with Crippen LogP contribution in [0, 0.1) is 5.41 Å².